The molecular weight excluding hydrogens is 424 g/mol. The highest BCUT2D eigenvalue weighted by molar-refractivity contribution is 7.14. The van der Waals surface area contributed by atoms with Crippen molar-refractivity contribution < 1.29 is 14.1 Å². The van der Waals surface area contributed by atoms with Gasteiger partial charge in [0.05, 0.1) is 11.3 Å². The maximum absolute atomic E-state index is 12.9. The third-order valence-electron chi connectivity index (χ3n) is 4.85. The Kier molecular flexibility index (Phi) is 5.35. The Bertz CT molecular complexity index is 1400. The summed E-state index contributed by atoms with van der Waals surface area (Å²) in [5, 5.41) is 11.4. The van der Waals surface area contributed by atoms with Crippen molar-refractivity contribution in [1.82, 2.24) is 15.1 Å². The number of ether oxygens (including phenoxy) is 1. The standard InChI is InChI=1S/C24H18N4O3S/c1-15-25-22(28-31-15)13-30-21-12-5-4-10-19(21)23(29)27-24-26-20(14-32-24)18-11-6-8-16-7-2-3-9-17(16)18/h2-12,14H,13H2,1H3,(H,26,27,29). The summed E-state index contributed by atoms with van der Waals surface area (Å²) in [6.07, 6.45) is 0. The average molecular weight is 443 g/mol. The Morgan fingerprint density at radius 3 is 2.72 bits per heavy atom. The van der Waals surface area contributed by atoms with Gasteiger partial charge in [-0.1, -0.05) is 59.8 Å². The van der Waals surface area contributed by atoms with Crippen LogP contribution in [-0.4, -0.2) is 21.0 Å². The molecule has 0 bridgehead atoms. The van der Waals surface area contributed by atoms with Crippen molar-refractivity contribution >= 4 is 33.1 Å². The first-order valence-corrected chi connectivity index (χ1v) is 10.8. The second-order valence-corrected chi connectivity index (χ2v) is 7.89. The maximum atomic E-state index is 12.9. The van der Waals surface area contributed by atoms with E-state index in [-0.39, 0.29) is 12.5 Å². The van der Waals surface area contributed by atoms with Crippen LogP contribution in [0.5, 0.6) is 5.75 Å². The highest BCUT2D eigenvalue weighted by Gasteiger charge is 2.16. The van der Waals surface area contributed by atoms with Gasteiger partial charge in [0, 0.05) is 17.9 Å². The summed E-state index contributed by atoms with van der Waals surface area (Å²) in [6.45, 7) is 1.81. The molecule has 0 radical (unpaired) electrons. The molecule has 8 heteroatoms. The minimum absolute atomic E-state index is 0.101. The molecule has 0 aliphatic rings. The van der Waals surface area contributed by atoms with Gasteiger partial charge in [0.15, 0.2) is 11.7 Å². The van der Waals surface area contributed by atoms with E-state index in [4.69, 9.17) is 9.26 Å². The van der Waals surface area contributed by atoms with Gasteiger partial charge in [-0.2, -0.15) is 4.98 Å². The number of fused-ring (bicyclic) bond motifs is 1. The third kappa shape index (κ3) is 4.08. The zero-order chi connectivity index (χ0) is 21.9. The Morgan fingerprint density at radius 2 is 1.84 bits per heavy atom. The molecule has 5 rings (SSSR count). The zero-order valence-electron chi connectivity index (χ0n) is 17.1. The molecule has 0 unspecified atom stereocenters. The Hall–Kier alpha value is -4.04. The Balaban J connectivity index is 1.34. The minimum Gasteiger partial charge on any atom is -0.485 e. The summed E-state index contributed by atoms with van der Waals surface area (Å²) in [5.41, 5.74) is 2.24. The monoisotopic (exact) mass is 442 g/mol. The van der Waals surface area contributed by atoms with Crippen molar-refractivity contribution in [2.45, 2.75) is 13.5 Å². The number of amides is 1. The molecule has 0 atom stereocenters. The van der Waals surface area contributed by atoms with E-state index in [1.165, 1.54) is 11.3 Å². The first-order valence-electron chi connectivity index (χ1n) is 9.93. The van der Waals surface area contributed by atoms with Gasteiger partial charge in [-0.3, -0.25) is 10.1 Å². The molecular formula is C24H18N4O3S. The fraction of sp³-hybridized carbons (Fsp3) is 0.0833. The highest BCUT2D eigenvalue weighted by atomic mass is 32.1. The molecule has 158 valence electrons. The van der Waals surface area contributed by atoms with Gasteiger partial charge >= 0.3 is 0 Å². The number of hydrogen-bond donors (Lipinski definition) is 1. The van der Waals surface area contributed by atoms with E-state index in [9.17, 15) is 4.79 Å². The van der Waals surface area contributed by atoms with Crippen molar-refractivity contribution in [3.63, 3.8) is 0 Å². The van der Waals surface area contributed by atoms with Gasteiger partial charge in [0.2, 0.25) is 11.7 Å². The smallest absolute Gasteiger partial charge is 0.261 e. The molecule has 0 saturated carbocycles. The summed E-state index contributed by atoms with van der Waals surface area (Å²) < 4.78 is 10.7. The molecule has 1 amide bonds. The van der Waals surface area contributed by atoms with Crippen LogP contribution in [0.4, 0.5) is 5.13 Å². The number of nitrogens with one attached hydrogen (secondary N) is 1. The summed E-state index contributed by atoms with van der Waals surface area (Å²) in [5.74, 6) is 1.000. The lowest BCUT2D eigenvalue weighted by Crippen LogP contribution is -2.13. The number of carbonyl (C=O) groups is 1. The largest absolute Gasteiger partial charge is 0.485 e. The van der Waals surface area contributed by atoms with Crippen LogP contribution in [0.25, 0.3) is 22.0 Å². The summed E-state index contributed by atoms with van der Waals surface area (Å²) in [6, 6.07) is 21.3. The predicted octanol–water partition coefficient (Wildman–Crippen LogP) is 5.49. The Labute approximate surface area is 187 Å². The number of anilines is 1. The molecule has 3 aromatic carbocycles. The number of hydrogen-bond acceptors (Lipinski definition) is 7. The van der Waals surface area contributed by atoms with Gasteiger partial charge in [-0.05, 0) is 22.9 Å². The topological polar surface area (TPSA) is 90.1 Å². The normalized spacial score (nSPS) is 10.9. The molecule has 0 fully saturated rings. The first kappa shape index (κ1) is 19.9. The lowest BCUT2D eigenvalue weighted by molar-refractivity contribution is 0.102. The van der Waals surface area contributed by atoms with E-state index >= 15 is 0 Å². The molecule has 2 aromatic heterocycles. The Morgan fingerprint density at radius 1 is 1.03 bits per heavy atom. The van der Waals surface area contributed by atoms with Crippen LogP contribution in [0, 0.1) is 6.92 Å². The van der Waals surface area contributed by atoms with Crippen LogP contribution in [0.2, 0.25) is 0 Å². The maximum Gasteiger partial charge on any atom is 0.261 e. The summed E-state index contributed by atoms with van der Waals surface area (Å²) in [7, 11) is 0. The SMILES string of the molecule is Cc1nc(COc2ccccc2C(=O)Nc2nc(-c3cccc4ccccc34)cs2)no1. The van der Waals surface area contributed by atoms with Gasteiger partial charge in [0.25, 0.3) is 5.91 Å². The van der Waals surface area contributed by atoms with Gasteiger partial charge in [-0.25, -0.2) is 4.98 Å². The fourth-order valence-corrected chi connectivity index (χ4v) is 4.10. The molecule has 2 heterocycles. The number of benzene rings is 3. The minimum atomic E-state index is -0.302. The van der Waals surface area contributed by atoms with E-state index in [0.29, 0.717) is 28.2 Å². The summed E-state index contributed by atoms with van der Waals surface area (Å²) in [4.78, 5) is 21.7. The number of aryl methyl sites for hydroxylation is 1. The van der Waals surface area contributed by atoms with E-state index < -0.39 is 0 Å². The zero-order valence-corrected chi connectivity index (χ0v) is 17.9. The van der Waals surface area contributed by atoms with Crippen LogP contribution in [0.3, 0.4) is 0 Å². The van der Waals surface area contributed by atoms with Crippen molar-refractivity contribution in [3.8, 4) is 17.0 Å². The van der Waals surface area contributed by atoms with E-state index in [1.807, 2.05) is 29.6 Å². The van der Waals surface area contributed by atoms with E-state index in [0.717, 1.165) is 22.0 Å². The van der Waals surface area contributed by atoms with Crippen LogP contribution in [0.1, 0.15) is 22.1 Å². The molecule has 5 aromatic rings. The van der Waals surface area contributed by atoms with Crippen LogP contribution < -0.4 is 10.1 Å². The van der Waals surface area contributed by atoms with Gasteiger partial charge in [0.1, 0.15) is 5.75 Å². The number of nitrogens with zero attached hydrogens (tertiary/aromatic N) is 3. The number of para-hydroxylation sites is 1. The molecule has 0 saturated heterocycles. The second kappa shape index (κ2) is 8.60. The molecule has 0 spiro atoms. The predicted molar refractivity (Wildman–Crippen MR) is 123 cm³/mol. The van der Waals surface area contributed by atoms with Crippen molar-refractivity contribution in [3.05, 3.63) is 89.4 Å². The quantitative estimate of drug-likeness (QED) is 0.374. The molecule has 7 nitrogen and oxygen atoms in total. The van der Waals surface area contributed by atoms with Crippen molar-refractivity contribution in [2.75, 3.05) is 5.32 Å². The lowest BCUT2D eigenvalue weighted by Gasteiger charge is -2.09. The van der Waals surface area contributed by atoms with Crippen molar-refractivity contribution in [1.29, 1.82) is 0 Å². The second-order valence-electron chi connectivity index (χ2n) is 7.03. The molecule has 32 heavy (non-hydrogen) atoms. The first-order chi connectivity index (χ1) is 15.7. The van der Waals surface area contributed by atoms with Crippen LogP contribution in [-0.2, 0) is 6.61 Å². The van der Waals surface area contributed by atoms with Gasteiger partial charge < -0.3 is 9.26 Å². The number of carbonyl (C=O) groups excluding carboxylic acids is 1. The van der Waals surface area contributed by atoms with Gasteiger partial charge in [-0.15, -0.1) is 11.3 Å². The third-order valence-corrected chi connectivity index (χ3v) is 5.61. The number of aromatic nitrogens is 3. The fourth-order valence-electron chi connectivity index (χ4n) is 3.39. The molecule has 0 aliphatic carbocycles. The highest BCUT2D eigenvalue weighted by Crippen LogP contribution is 2.31. The van der Waals surface area contributed by atoms with E-state index in [1.54, 1.807) is 31.2 Å². The average Bonchev–Trinajstić information content (AvgIpc) is 3.46. The van der Waals surface area contributed by atoms with Crippen molar-refractivity contribution in [2.24, 2.45) is 0 Å². The van der Waals surface area contributed by atoms with Crippen LogP contribution in [0.15, 0.2) is 76.6 Å². The van der Waals surface area contributed by atoms with Crippen LogP contribution >= 0.6 is 11.3 Å². The number of rotatable bonds is 6. The lowest BCUT2D eigenvalue weighted by atomic mass is 10.0. The molecule has 0 aliphatic heterocycles. The number of thiazole rings is 1. The molecule has 1 N–H and O–H groups in total. The van der Waals surface area contributed by atoms with E-state index in [2.05, 4.69) is 38.6 Å². The summed E-state index contributed by atoms with van der Waals surface area (Å²) >= 11 is 1.38.